The lowest BCUT2D eigenvalue weighted by Gasteiger charge is -2.11. The lowest BCUT2D eigenvalue weighted by atomic mass is 10.1. The van der Waals surface area contributed by atoms with E-state index in [0.717, 1.165) is 19.3 Å². The quantitative estimate of drug-likeness (QED) is 0.834. The molecule has 0 saturated carbocycles. The van der Waals surface area contributed by atoms with E-state index in [9.17, 15) is 9.59 Å². The molecule has 18 heavy (non-hydrogen) atoms. The Hall–Kier alpha value is -1.52. The van der Waals surface area contributed by atoms with E-state index in [4.69, 9.17) is 5.73 Å². The third kappa shape index (κ3) is 3.48. The number of rotatable bonds is 6. The highest BCUT2D eigenvalue weighted by atomic mass is 16.2. The van der Waals surface area contributed by atoms with E-state index in [1.165, 1.54) is 15.3 Å². The molecule has 0 unspecified atom stereocenters. The Morgan fingerprint density at radius 2 is 1.94 bits per heavy atom. The van der Waals surface area contributed by atoms with Crippen molar-refractivity contribution < 1.29 is 0 Å². The van der Waals surface area contributed by atoms with Crippen molar-refractivity contribution in [3.05, 3.63) is 27.0 Å². The third-order valence-electron chi connectivity index (χ3n) is 2.89. The van der Waals surface area contributed by atoms with Crippen molar-refractivity contribution in [1.82, 2.24) is 9.13 Å². The maximum atomic E-state index is 12.1. The molecular weight excluding hydrogens is 230 g/mol. The number of nitrogen functional groups attached to an aromatic ring is 1. The lowest BCUT2D eigenvalue weighted by Crippen LogP contribution is -2.40. The second-order valence-electron chi connectivity index (χ2n) is 5.05. The summed E-state index contributed by atoms with van der Waals surface area (Å²) in [5.41, 5.74) is 5.19. The zero-order valence-electron chi connectivity index (χ0n) is 11.5. The van der Waals surface area contributed by atoms with Gasteiger partial charge in [-0.2, -0.15) is 0 Å². The predicted molar refractivity (Wildman–Crippen MR) is 73.7 cm³/mol. The van der Waals surface area contributed by atoms with Gasteiger partial charge >= 0.3 is 5.69 Å². The Labute approximate surface area is 107 Å². The Morgan fingerprint density at radius 3 is 2.50 bits per heavy atom. The van der Waals surface area contributed by atoms with Crippen LogP contribution in [0.15, 0.2) is 15.8 Å². The molecule has 0 spiro atoms. The molecule has 0 aliphatic heterocycles. The van der Waals surface area contributed by atoms with Gasteiger partial charge in [-0.15, -0.1) is 0 Å². The molecular formula is C13H23N3O2. The molecule has 0 aliphatic carbocycles. The Kier molecular flexibility index (Phi) is 5.19. The van der Waals surface area contributed by atoms with Gasteiger partial charge < -0.3 is 5.73 Å². The van der Waals surface area contributed by atoms with Gasteiger partial charge in [-0.3, -0.25) is 13.9 Å². The minimum absolute atomic E-state index is 0.146. The summed E-state index contributed by atoms with van der Waals surface area (Å²) in [6.45, 7) is 7.27. The summed E-state index contributed by atoms with van der Waals surface area (Å²) in [7, 11) is 0. The second-order valence-corrected chi connectivity index (χ2v) is 5.05. The largest absolute Gasteiger partial charge is 0.393 e. The molecule has 0 aliphatic rings. The molecule has 1 heterocycles. The first-order valence-corrected chi connectivity index (χ1v) is 6.57. The van der Waals surface area contributed by atoms with Crippen molar-refractivity contribution in [1.29, 1.82) is 0 Å². The average Bonchev–Trinajstić information content (AvgIpc) is 2.30. The zero-order chi connectivity index (χ0) is 13.7. The predicted octanol–water partition coefficient (Wildman–Crippen LogP) is 1.44. The van der Waals surface area contributed by atoms with Crippen LogP contribution in [0.4, 0.5) is 5.69 Å². The highest BCUT2D eigenvalue weighted by Crippen LogP contribution is 2.04. The van der Waals surface area contributed by atoms with Gasteiger partial charge in [0, 0.05) is 19.3 Å². The van der Waals surface area contributed by atoms with Crippen molar-refractivity contribution in [3.8, 4) is 0 Å². The van der Waals surface area contributed by atoms with E-state index >= 15 is 0 Å². The van der Waals surface area contributed by atoms with Crippen LogP contribution >= 0.6 is 0 Å². The van der Waals surface area contributed by atoms with E-state index in [0.29, 0.717) is 19.0 Å². The van der Waals surface area contributed by atoms with Crippen molar-refractivity contribution >= 4 is 5.69 Å². The molecule has 5 heteroatoms. The molecule has 0 amide bonds. The van der Waals surface area contributed by atoms with Crippen LogP contribution in [0.25, 0.3) is 0 Å². The molecule has 0 atom stereocenters. The number of hydrogen-bond donors (Lipinski definition) is 1. The van der Waals surface area contributed by atoms with Gasteiger partial charge in [0.05, 0.1) is 0 Å². The molecule has 1 aromatic heterocycles. The maximum absolute atomic E-state index is 12.1. The summed E-state index contributed by atoms with van der Waals surface area (Å²) in [6, 6.07) is 0. The van der Waals surface area contributed by atoms with Crippen molar-refractivity contribution in [2.45, 2.75) is 53.1 Å². The number of aromatic nitrogens is 2. The molecule has 5 nitrogen and oxygen atoms in total. The van der Waals surface area contributed by atoms with Crippen LogP contribution in [0.3, 0.4) is 0 Å². The van der Waals surface area contributed by atoms with Gasteiger partial charge in [0.15, 0.2) is 0 Å². The van der Waals surface area contributed by atoms with Gasteiger partial charge in [0.25, 0.3) is 5.56 Å². The highest BCUT2D eigenvalue weighted by molar-refractivity contribution is 5.30. The first-order valence-electron chi connectivity index (χ1n) is 6.57. The summed E-state index contributed by atoms with van der Waals surface area (Å²) in [6.07, 6.45) is 4.10. The van der Waals surface area contributed by atoms with Gasteiger partial charge in [0.2, 0.25) is 0 Å². The Balaban J connectivity index is 3.02. The van der Waals surface area contributed by atoms with Crippen LogP contribution in [0.1, 0.15) is 40.0 Å². The summed E-state index contributed by atoms with van der Waals surface area (Å²) in [5.74, 6) is 0.569. The monoisotopic (exact) mass is 253 g/mol. The minimum Gasteiger partial charge on any atom is -0.393 e. The minimum atomic E-state index is -0.365. The number of nitrogens with zero attached hydrogens (tertiary/aromatic N) is 2. The topological polar surface area (TPSA) is 70.0 Å². The number of anilines is 1. The molecule has 0 saturated heterocycles. The molecule has 1 rings (SSSR count). The zero-order valence-corrected chi connectivity index (χ0v) is 11.5. The first kappa shape index (κ1) is 14.5. The molecule has 0 fully saturated rings. The van der Waals surface area contributed by atoms with Gasteiger partial charge in [-0.25, -0.2) is 4.79 Å². The third-order valence-corrected chi connectivity index (χ3v) is 2.89. The van der Waals surface area contributed by atoms with E-state index in [-0.39, 0.29) is 16.9 Å². The fourth-order valence-corrected chi connectivity index (χ4v) is 1.93. The highest BCUT2D eigenvalue weighted by Gasteiger charge is 2.08. The van der Waals surface area contributed by atoms with Crippen LogP contribution < -0.4 is 17.0 Å². The summed E-state index contributed by atoms with van der Waals surface area (Å²) >= 11 is 0. The van der Waals surface area contributed by atoms with Crippen molar-refractivity contribution in [2.24, 2.45) is 5.92 Å². The summed E-state index contributed by atoms with van der Waals surface area (Å²) in [5, 5.41) is 0. The normalized spacial score (nSPS) is 11.1. The van der Waals surface area contributed by atoms with Crippen LogP contribution in [-0.2, 0) is 13.1 Å². The Morgan fingerprint density at radius 1 is 1.28 bits per heavy atom. The molecule has 0 aromatic carbocycles. The molecule has 0 bridgehead atoms. The van der Waals surface area contributed by atoms with Crippen LogP contribution in [0.2, 0.25) is 0 Å². The molecule has 0 radical (unpaired) electrons. The SMILES string of the molecule is CCCn1cc(N)c(=O)n(CCCC(C)C)c1=O. The van der Waals surface area contributed by atoms with Crippen molar-refractivity contribution in [2.75, 3.05) is 5.73 Å². The van der Waals surface area contributed by atoms with Crippen molar-refractivity contribution in [3.63, 3.8) is 0 Å². The van der Waals surface area contributed by atoms with E-state index in [1.807, 2.05) is 6.92 Å². The summed E-state index contributed by atoms with van der Waals surface area (Å²) < 4.78 is 2.78. The standard InChI is InChI=1S/C13H23N3O2/c1-4-7-15-9-11(14)12(17)16(13(15)18)8-5-6-10(2)3/h9-10H,4-8,14H2,1-3H3. The van der Waals surface area contributed by atoms with Gasteiger partial charge in [-0.05, 0) is 25.2 Å². The Bertz CT molecular complexity index is 500. The second kappa shape index (κ2) is 6.42. The molecule has 2 N–H and O–H groups in total. The molecule has 1 aromatic rings. The number of aryl methyl sites for hydroxylation is 1. The number of hydrogen-bond acceptors (Lipinski definition) is 3. The maximum Gasteiger partial charge on any atom is 0.331 e. The average molecular weight is 253 g/mol. The fraction of sp³-hybridized carbons (Fsp3) is 0.692. The van der Waals surface area contributed by atoms with Gasteiger partial charge in [0.1, 0.15) is 5.69 Å². The summed E-state index contributed by atoms with van der Waals surface area (Å²) in [4.78, 5) is 23.9. The van der Waals surface area contributed by atoms with E-state index < -0.39 is 0 Å². The number of nitrogens with two attached hydrogens (primary N) is 1. The lowest BCUT2D eigenvalue weighted by molar-refractivity contribution is 0.479. The fourth-order valence-electron chi connectivity index (χ4n) is 1.93. The molecule has 102 valence electrons. The smallest absolute Gasteiger partial charge is 0.331 e. The van der Waals surface area contributed by atoms with E-state index in [1.54, 1.807) is 0 Å². The van der Waals surface area contributed by atoms with Crippen LogP contribution in [-0.4, -0.2) is 9.13 Å². The van der Waals surface area contributed by atoms with Gasteiger partial charge in [-0.1, -0.05) is 20.8 Å². The van der Waals surface area contributed by atoms with Crippen LogP contribution in [0.5, 0.6) is 0 Å². The van der Waals surface area contributed by atoms with Crippen LogP contribution in [0, 0.1) is 5.92 Å². The van der Waals surface area contributed by atoms with E-state index in [2.05, 4.69) is 13.8 Å². The first-order chi connectivity index (χ1) is 8.47.